The Labute approximate surface area is 191 Å². The molecule has 2 saturated heterocycles. The van der Waals surface area contributed by atoms with Gasteiger partial charge in [0.2, 0.25) is 5.91 Å². The maximum atomic E-state index is 12.9. The number of hydrogen-bond donors (Lipinski definition) is 1. The van der Waals surface area contributed by atoms with Gasteiger partial charge in [-0.05, 0) is 51.4 Å². The summed E-state index contributed by atoms with van der Waals surface area (Å²) in [7, 11) is 2.13. The van der Waals surface area contributed by atoms with Crippen LogP contribution in [0.3, 0.4) is 0 Å². The van der Waals surface area contributed by atoms with Gasteiger partial charge in [0, 0.05) is 57.8 Å². The van der Waals surface area contributed by atoms with Gasteiger partial charge in [-0.2, -0.15) is 13.2 Å². The second-order valence-electron chi connectivity index (χ2n) is 8.86. The second-order valence-corrected chi connectivity index (χ2v) is 8.86. The number of carbonyl (C=O) groups excluding carboxylic acids is 1. The van der Waals surface area contributed by atoms with Crippen molar-refractivity contribution in [2.45, 2.75) is 31.9 Å². The molecule has 0 aromatic heterocycles. The maximum absolute atomic E-state index is 12.9. The molecule has 0 aliphatic carbocycles. The summed E-state index contributed by atoms with van der Waals surface area (Å²) < 4.78 is 38.8. The van der Waals surface area contributed by atoms with Crippen molar-refractivity contribution >= 4 is 17.3 Å². The largest absolute Gasteiger partial charge is 0.416 e. The number of nitro groups is 1. The maximum Gasteiger partial charge on any atom is 0.416 e. The third-order valence-corrected chi connectivity index (χ3v) is 6.50. The van der Waals surface area contributed by atoms with Crippen molar-refractivity contribution in [1.29, 1.82) is 0 Å². The lowest BCUT2D eigenvalue weighted by atomic mass is 9.95. The molecule has 2 fully saturated rings. The molecule has 0 bridgehead atoms. The summed E-state index contributed by atoms with van der Waals surface area (Å²) in [4.78, 5) is 29.5. The number of amides is 1. The van der Waals surface area contributed by atoms with Crippen molar-refractivity contribution in [3.8, 4) is 0 Å². The summed E-state index contributed by atoms with van der Waals surface area (Å²) in [6.45, 7) is 6.76. The minimum absolute atomic E-state index is 0.0174. The van der Waals surface area contributed by atoms with Crippen LogP contribution >= 0.6 is 0 Å². The quantitative estimate of drug-likeness (QED) is 0.357. The first kappa shape index (κ1) is 25.2. The third-order valence-electron chi connectivity index (χ3n) is 6.50. The highest BCUT2D eigenvalue weighted by Crippen LogP contribution is 2.37. The van der Waals surface area contributed by atoms with Crippen molar-refractivity contribution in [3.63, 3.8) is 0 Å². The Morgan fingerprint density at radius 3 is 2.39 bits per heavy atom. The first-order valence-electron chi connectivity index (χ1n) is 11.4. The highest BCUT2D eigenvalue weighted by Gasteiger charge is 2.34. The van der Waals surface area contributed by atoms with Crippen molar-refractivity contribution in [2.24, 2.45) is 5.92 Å². The Morgan fingerprint density at radius 1 is 1.12 bits per heavy atom. The van der Waals surface area contributed by atoms with Crippen LogP contribution in [0.4, 0.5) is 24.5 Å². The number of piperazine rings is 1. The number of piperidine rings is 1. The van der Waals surface area contributed by atoms with Gasteiger partial charge in [-0.3, -0.25) is 14.9 Å². The summed E-state index contributed by atoms with van der Waals surface area (Å²) in [6.07, 6.45) is -1.69. The molecule has 33 heavy (non-hydrogen) atoms. The van der Waals surface area contributed by atoms with Crippen LogP contribution < -0.4 is 10.2 Å². The highest BCUT2D eigenvalue weighted by atomic mass is 19.4. The SMILES string of the molecule is CN1CCN(CCCCNC(=O)C2CCN(c3ccc(C(F)(F)F)cc3[N+](=O)[O-])CC2)CC1. The van der Waals surface area contributed by atoms with E-state index in [1.54, 1.807) is 4.90 Å². The number of hydrogen-bond acceptors (Lipinski definition) is 6. The van der Waals surface area contributed by atoms with E-state index in [1.165, 1.54) is 0 Å². The van der Waals surface area contributed by atoms with E-state index in [-0.39, 0.29) is 17.5 Å². The van der Waals surface area contributed by atoms with Crippen LogP contribution in [0, 0.1) is 16.0 Å². The molecule has 0 atom stereocenters. The van der Waals surface area contributed by atoms with Gasteiger partial charge in [0.25, 0.3) is 5.69 Å². The molecule has 8 nitrogen and oxygen atoms in total. The van der Waals surface area contributed by atoms with Crippen LogP contribution in [-0.4, -0.2) is 80.0 Å². The Balaban J connectivity index is 1.42. The number of likely N-dealkylation sites (N-methyl/N-ethyl adjacent to an activating group) is 1. The van der Waals surface area contributed by atoms with E-state index in [1.807, 2.05) is 0 Å². The average molecular weight is 472 g/mol. The molecule has 2 heterocycles. The molecule has 1 aromatic rings. The first-order valence-corrected chi connectivity index (χ1v) is 11.4. The summed E-state index contributed by atoms with van der Waals surface area (Å²) in [5, 5.41) is 14.3. The summed E-state index contributed by atoms with van der Waals surface area (Å²) >= 11 is 0. The van der Waals surface area contributed by atoms with Gasteiger partial charge in [-0.15, -0.1) is 0 Å². The predicted octanol–water partition coefficient (Wildman–Crippen LogP) is 2.97. The van der Waals surface area contributed by atoms with E-state index in [9.17, 15) is 28.1 Å². The number of carbonyl (C=O) groups is 1. The summed E-state index contributed by atoms with van der Waals surface area (Å²) in [5.41, 5.74) is -1.44. The molecule has 0 radical (unpaired) electrons. The number of unbranched alkanes of at least 4 members (excludes halogenated alkanes) is 1. The zero-order valence-electron chi connectivity index (χ0n) is 18.9. The lowest BCUT2D eigenvalue weighted by molar-refractivity contribution is -0.384. The Morgan fingerprint density at radius 2 is 1.79 bits per heavy atom. The molecule has 3 rings (SSSR count). The number of anilines is 1. The fraction of sp³-hybridized carbons (Fsp3) is 0.682. The standard InChI is InChI=1S/C22H32F3N5O3/c1-27-12-14-28(15-13-27)9-3-2-8-26-21(31)17-6-10-29(11-7-17)19-5-4-18(22(23,24)25)16-20(19)30(32)33/h4-5,16-17H,2-3,6-15H2,1H3,(H,26,31). The molecule has 0 spiro atoms. The molecule has 1 N–H and O–H groups in total. The van der Waals surface area contributed by atoms with Crippen molar-refractivity contribution in [1.82, 2.24) is 15.1 Å². The molecule has 1 aromatic carbocycles. The van der Waals surface area contributed by atoms with Gasteiger partial charge in [-0.1, -0.05) is 0 Å². The predicted molar refractivity (Wildman–Crippen MR) is 119 cm³/mol. The van der Waals surface area contributed by atoms with Crippen molar-refractivity contribution in [3.05, 3.63) is 33.9 Å². The number of rotatable bonds is 8. The number of benzene rings is 1. The molecule has 2 aliphatic rings. The summed E-state index contributed by atoms with van der Waals surface area (Å²) in [5.74, 6) is -0.205. The van der Waals surface area contributed by atoms with Crippen LogP contribution in [0.15, 0.2) is 18.2 Å². The first-order chi connectivity index (χ1) is 15.6. The lowest BCUT2D eigenvalue weighted by Crippen LogP contribution is -2.44. The van der Waals surface area contributed by atoms with Gasteiger partial charge in [0.1, 0.15) is 5.69 Å². The fourth-order valence-electron chi connectivity index (χ4n) is 4.38. The normalized spacial score (nSPS) is 19.0. The zero-order valence-corrected chi connectivity index (χ0v) is 18.9. The van der Waals surface area contributed by atoms with Gasteiger partial charge < -0.3 is 20.0 Å². The Hall–Kier alpha value is -2.40. The van der Waals surface area contributed by atoms with E-state index >= 15 is 0 Å². The molecular weight excluding hydrogens is 439 g/mol. The number of nitrogens with one attached hydrogen (secondary N) is 1. The minimum atomic E-state index is -4.64. The number of nitrogens with zero attached hydrogens (tertiary/aromatic N) is 4. The monoisotopic (exact) mass is 471 g/mol. The molecule has 2 aliphatic heterocycles. The van der Waals surface area contributed by atoms with E-state index in [0.29, 0.717) is 38.5 Å². The average Bonchev–Trinajstić information content (AvgIpc) is 2.79. The van der Waals surface area contributed by atoms with Gasteiger partial charge in [0.15, 0.2) is 0 Å². The Kier molecular flexibility index (Phi) is 8.52. The molecule has 11 heteroatoms. The molecular formula is C22H32F3N5O3. The third kappa shape index (κ3) is 7.04. The molecule has 1 amide bonds. The van der Waals surface area contributed by atoms with Crippen LogP contribution in [0.25, 0.3) is 0 Å². The second kappa shape index (κ2) is 11.1. The molecule has 0 saturated carbocycles. The lowest BCUT2D eigenvalue weighted by Gasteiger charge is -2.33. The van der Waals surface area contributed by atoms with Gasteiger partial charge >= 0.3 is 6.18 Å². The van der Waals surface area contributed by atoms with Crippen LogP contribution in [-0.2, 0) is 11.0 Å². The highest BCUT2D eigenvalue weighted by molar-refractivity contribution is 5.79. The van der Waals surface area contributed by atoms with Crippen LogP contribution in [0.2, 0.25) is 0 Å². The summed E-state index contributed by atoms with van der Waals surface area (Å²) in [6, 6.07) is 2.60. The molecule has 0 unspecified atom stereocenters. The van der Waals surface area contributed by atoms with Crippen LogP contribution in [0.1, 0.15) is 31.2 Å². The Bertz CT molecular complexity index is 820. The smallest absolute Gasteiger partial charge is 0.366 e. The number of nitro benzene ring substituents is 1. The zero-order chi connectivity index (χ0) is 24.0. The van der Waals surface area contributed by atoms with E-state index in [4.69, 9.17) is 0 Å². The number of halogens is 3. The van der Waals surface area contributed by atoms with E-state index < -0.39 is 22.4 Å². The van der Waals surface area contributed by atoms with E-state index in [2.05, 4.69) is 22.2 Å². The van der Waals surface area contributed by atoms with Crippen LogP contribution in [0.5, 0.6) is 0 Å². The van der Waals surface area contributed by atoms with Crippen molar-refractivity contribution < 1.29 is 22.9 Å². The fourth-order valence-corrected chi connectivity index (χ4v) is 4.38. The van der Waals surface area contributed by atoms with E-state index in [0.717, 1.165) is 57.7 Å². The van der Waals surface area contributed by atoms with Gasteiger partial charge in [-0.25, -0.2) is 0 Å². The number of alkyl halides is 3. The molecule has 184 valence electrons. The topological polar surface area (TPSA) is 82.0 Å². The minimum Gasteiger partial charge on any atom is -0.366 e. The van der Waals surface area contributed by atoms with Crippen molar-refractivity contribution in [2.75, 3.05) is 64.3 Å². The van der Waals surface area contributed by atoms with Gasteiger partial charge in [0.05, 0.1) is 10.5 Å².